The van der Waals surface area contributed by atoms with Gasteiger partial charge in [-0.3, -0.25) is 9.59 Å². The quantitative estimate of drug-likeness (QED) is 0.187. The summed E-state index contributed by atoms with van der Waals surface area (Å²) < 4.78 is 6.04. The fourth-order valence-electron chi connectivity index (χ4n) is 2.07. The predicted octanol–water partition coefficient (Wildman–Crippen LogP) is 4.43. The molecule has 2 amide bonds. The molecule has 0 aromatic carbocycles. The van der Waals surface area contributed by atoms with Crippen LogP contribution in [0.25, 0.3) is 0 Å². The Kier molecular flexibility index (Phi) is 11.9. The fraction of sp³-hybridized carbons (Fsp3) is 0.889. The van der Waals surface area contributed by atoms with Gasteiger partial charge < -0.3 is 15.4 Å². The minimum Gasteiger partial charge on any atom is -0.375 e. The first-order valence-electron chi connectivity index (χ1n) is 8.98. The molecule has 0 aromatic heterocycles. The van der Waals surface area contributed by atoms with Gasteiger partial charge in [-0.1, -0.05) is 34.1 Å². The summed E-state index contributed by atoms with van der Waals surface area (Å²) in [6, 6.07) is 0. The molecule has 0 aliphatic rings. The predicted molar refractivity (Wildman–Crippen MR) is 108 cm³/mol. The molecule has 0 heterocycles. The molecule has 0 saturated carbocycles. The van der Waals surface area contributed by atoms with Gasteiger partial charge in [0.25, 0.3) is 3.91 Å². The highest BCUT2D eigenvalue weighted by atomic mass is 127. The Morgan fingerprint density at radius 3 is 2.17 bits per heavy atom. The number of ether oxygens (including phenoxy) is 1. The molecule has 0 aliphatic carbocycles. The van der Waals surface area contributed by atoms with Crippen LogP contribution < -0.4 is 10.6 Å². The molecule has 0 fully saturated rings. The highest BCUT2D eigenvalue weighted by Gasteiger charge is 2.25. The number of carbonyl (C=O) groups excluding carboxylic acids is 2. The molecule has 1 atom stereocenters. The van der Waals surface area contributed by atoms with Crippen LogP contribution in [-0.4, -0.2) is 35.1 Å². The van der Waals surface area contributed by atoms with Crippen LogP contribution in [0.2, 0.25) is 0 Å². The summed E-state index contributed by atoms with van der Waals surface area (Å²) in [5, 5.41) is 5.60. The van der Waals surface area contributed by atoms with Gasteiger partial charge in [-0.2, -0.15) is 0 Å². The molecule has 24 heavy (non-hydrogen) atoms. The van der Waals surface area contributed by atoms with Crippen LogP contribution in [0.15, 0.2) is 0 Å². The molecule has 1 unspecified atom stereocenters. The number of rotatable bonds is 13. The molecule has 0 aliphatic heterocycles. The van der Waals surface area contributed by atoms with Crippen LogP contribution in [0.3, 0.4) is 0 Å². The summed E-state index contributed by atoms with van der Waals surface area (Å²) in [5.41, 5.74) is 0.0652. The molecule has 0 aromatic rings. The number of carbonyl (C=O) groups is 2. The zero-order valence-corrected chi connectivity index (χ0v) is 18.1. The second-order valence-electron chi connectivity index (χ2n) is 7.32. The Hall–Kier alpha value is -0.370. The van der Waals surface area contributed by atoms with Crippen molar-refractivity contribution in [2.75, 3.05) is 19.7 Å². The molecular formula is C18H35IN2O3. The van der Waals surface area contributed by atoms with Crippen LogP contribution in [0.5, 0.6) is 0 Å². The van der Waals surface area contributed by atoms with Gasteiger partial charge in [0.05, 0.1) is 5.60 Å². The minimum atomic E-state index is -0.240. The first kappa shape index (κ1) is 23.6. The average Bonchev–Trinajstić information content (AvgIpc) is 2.52. The van der Waals surface area contributed by atoms with E-state index in [9.17, 15) is 9.59 Å². The molecule has 142 valence electrons. The van der Waals surface area contributed by atoms with E-state index in [2.05, 4.69) is 45.3 Å². The highest BCUT2D eigenvalue weighted by Crippen LogP contribution is 2.27. The van der Waals surface area contributed by atoms with Crippen molar-refractivity contribution in [3.8, 4) is 0 Å². The lowest BCUT2D eigenvalue weighted by Crippen LogP contribution is -2.33. The standard InChI is InChI=1S/C18H35IN2O3/c1-6-17(3,4)11-14-24-18(5,7-2)10-9-15(22)20-12-8-13-21-16(19)23/h6-14H2,1-5H3,(H,20,22)(H,21,23). The van der Waals surface area contributed by atoms with Gasteiger partial charge in [0.15, 0.2) is 0 Å². The smallest absolute Gasteiger partial charge is 0.280 e. The van der Waals surface area contributed by atoms with E-state index < -0.39 is 0 Å². The molecule has 0 bridgehead atoms. The molecule has 0 rings (SSSR count). The number of hydrogen-bond acceptors (Lipinski definition) is 3. The van der Waals surface area contributed by atoms with Crippen molar-refractivity contribution in [1.82, 2.24) is 10.6 Å². The zero-order valence-electron chi connectivity index (χ0n) is 16.0. The average molecular weight is 454 g/mol. The lowest BCUT2D eigenvalue weighted by molar-refractivity contribution is -0.123. The van der Waals surface area contributed by atoms with Gasteiger partial charge in [-0.15, -0.1) is 0 Å². The van der Waals surface area contributed by atoms with Gasteiger partial charge in [0.1, 0.15) is 0 Å². The Bertz CT molecular complexity index is 388. The van der Waals surface area contributed by atoms with Crippen molar-refractivity contribution in [3.05, 3.63) is 0 Å². The summed E-state index contributed by atoms with van der Waals surface area (Å²) in [5.74, 6) is 0.0490. The van der Waals surface area contributed by atoms with Crippen molar-refractivity contribution in [1.29, 1.82) is 0 Å². The van der Waals surface area contributed by atoms with Crippen molar-refractivity contribution >= 4 is 32.4 Å². The van der Waals surface area contributed by atoms with Crippen LogP contribution >= 0.6 is 22.6 Å². The third-order valence-corrected chi connectivity index (χ3v) is 5.14. The first-order chi connectivity index (χ1) is 11.1. The molecule has 6 heteroatoms. The maximum Gasteiger partial charge on any atom is 0.280 e. The second-order valence-corrected chi connectivity index (χ2v) is 8.30. The number of halogens is 1. The molecule has 5 nitrogen and oxygen atoms in total. The van der Waals surface area contributed by atoms with Gasteiger partial charge in [-0.25, -0.2) is 0 Å². The van der Waals surface area contributed by atoms with Crippen molar-refractivity contribution in [3.63, 3.8) is 0 Å². The summed E-state index contributed by atoms with van der Waals surface area (Å²) in [6.45, 7) is 12.8. The van der Waals surface area contributed by atoms with Crippen LogP contribution in [0.1, 0.15) is 73.1 Å². The van der Waals surface area contributed by atoms with E-state index >= 15 is 0 Å². The van der Waals surface area contributed by atoms with E-state index in [0.29, 0.717) is 24.9 Å². The maximum atomic E-state index is 11.9. The Labute approximate surface area is 161 Å². The van der Waals surface area contributed by atoms with Crippen molar-refractivity contribution < 1.29 is 14.3 Å². The summed E-state index contributed by atoms with van der Waals surface area (Å²) in [4.78, 5) is 22.7. The third-order valence-electron chi connectivity index (χ3n) is 4.75. The topological polar surface area (TPSA) is 67.4 Å². The molecule has 2 N–H and O–H groups in total. The van der Waals surface area contributed by atoms with Crippen LogP contribution in [0, 0.1) is 5.41 Å². The lowest BCUT2D eigenvalue weighted by Gasteiger charge is -2.31. The molecule has 0 saturated heterocycles. The van der Waals surface area contributed by atoms with Crippen LogP contribution in [-0.2, 0) is 9.53 Å². The third kappa shape index (κ3) is 12.1. The van der Waals surface area contributed by atoms with E-state index in [1.165, 1.54) is 0 Å². The number of amides is 2. The van der Waals surface area contributed by atoms with Gasteiger partial charge in [0.2, 0.25) is 5.91 Å². The minimum absolute atomic E-state index is 0.0490. The monoisotopic (exact) mass is 454 g/mol. The van der Waals surface area contributed by atoms with Crippen molar-refractivity contribution in [2.45, 2.75) is 78.7 Å². The summed E-state index contributed by atoms with van der Waals surface area (Å²) in [7, 11) is 0. The summed E-state index contributed by atoms with van der Waals surface area (Å²) >= 11 is 1.70. The largest absolute Gasteiger partial charge is 0.375 e. The van der Waals surface area contributed by atoms with Crippen molar-refractivity contribution in [2.24, 2.45) is 5.41 Å². The molecular weight excluding hydrogens is 419 g/mol. The molecule has 0 radical (unpaired) electrons. The van der Waals surface area contributed by atoms with Crippen LogP contribution in [0.4, 0.5) is 4.79 Å². The van der Waals surface area contributed by atoms with E-state index in [0.717, 1.165) is 38.7 Å². The van der Waals surface area contributed by atoms with Gasteiger partial charge >= 0.3 is 0 Å². The normalized spacial score (nSPS) is 14.1. The number of nitrogens with one attached hydrogen (secondary N) is 2. The first-order valence-corrected chi connectivity index (χ1v) is 10.1. The highest BCUT2D eigenvalue weighted by molar-refractivity contribution is 14.1. The second kappa shape index (κ2) is 12.1. The summed E-state index contributed by atoms with van der Waals surface area (Å²) in [6.07, 6.45) is 5.02. The Morgan fingerprint density at radius 1 is 1.00 bits per heavy atom. The Balaban J connectivity index is 4.00. The SMILES string of the molecule is CCC(C)(C)CCOC(C)(CC)CCC(=O)NCCCNC(=O)I. The van der Waals surface area contributed by atoms with E-state index in [-0.39, 0.29) is 15.4 Å². The van der Waals surface area contributed by atoms with Gasteiger partial charge in [0, 0.05) is 48.7 Å². The molecule has 0 spiro atoms. The van der Waals surface area contributed by atoms with E-state index in [4.69, 9.17) is 4.74 Å². The maximum absolute atomic E-state index is 11.9. The lowest BCUT2D eigenvalue weighted by atomic mass is 9.87. The van der Waals surface area contributed by atoms with E-state index in [1.807, 2.05) is 0 Å². The van der Waals surface area contributed by atoms with E-state index in [1.54, 1.807) is 22.6 Å². The fourth-order valence-corrected chi connectivity index (χ4v) is 2.34. The number of hydrogen-bond donors (Lipinski definition) is 2. The zero-order chi connectivity index (χ0) is 18.6. The Morgan fingerprint density at radius 2 is 1.62 bits per heavy atom. The van der Waals surface area contributed by atoms with Gasteiger partial charge in [-0.05, 0) is 38.0 Å².